The Morgan fingerprint density at radius 1 is 1.44 bits per heavy atom. The van der Waals surface area contributed by atoms with Crippen LogP contribution in [0.3, 0.4) is 0 Å². The number of nitrogens with two attached hydrogens (primary N) is 1. The minimum Gasteiger partial charge on any atom is -0.327 e. The van der Waals surface area contributed by atoms with Crippen molar-refractivity contribution in [3.05, 3.63) is 0 Å². The molecule has 1 rings (SSSR count). The lowest BCUT2D eigenvalue weighted by molar-refractivity contribution is 0.375. The molecule has 0 aromatic carbocycles. The Balaban J connectivity index is 2.39. The summed E-state index contributed by atoms with van der Waals surface area (Å²) in [6.45, 7) is 4.43. The molecule has 54 valence electrons. The molecule has 1 heteroatoms. The second-order valence-corrected chi connectivity index (χ2v) is 3.23. The first-order chi connectivity index (χ1) is 4.25. The van der Waals surface area contributed by atoms with Crippen LogP contribution in [0.5, 0.6) is 0 Å². The van der Waals surface area contributed by atoms with Crippen LogP contribution in [-0.4, -0.2) is 6.04 Å². The summed E-state index contributed by atoms with van der Waals surface area (Å²) < 4.78 is 0. The van der Waals surface area contributed by atoms with Gasteiger partial charge in [-0.2, -0.15) is 0 Å². The molecule has 0 unspecified atom stereocenters. The molecule has 0 spiro atoms. The predicted molar refractivity (Wildman–Crippen MR) is 40.2 cm³/mol. The smallest absolute Gasteiger partial charge is 0.00928 e. The van der Waals surface area contributed by atoms with Crippen LogP contribution >= 0.6 is 0 Å². The van der Waals surface area contributed by atoms with E-state index in [0.717, 1.165) is 6.42 Å². The van der Waals surface area contributed by atoms with Gasteiger partial charge in [0, 0.05) is 6.04 Å². The summed E-state index contributed by atoms with van der Waals surface area (Å²) in [5.41, 5.74) is 6.50. The summed E-state index contributed by atoms with van der Waals surface area (Å²) in [7, 11) is 0. The third-order valence-electron chi connectivity index (χ3n) is 2.82. The summed E-state index contributed by atoms with van der Waals surface area (Å²) in [6.07, 6.45) is 5.17. The lowest BCUT2D eigenvalue weighted by Gasteiger charge is -2.19. The van der Waals surface area contributed by atoms with Gasteiger partial charge in [-0.05, 0) is 31.1 Å². The monoisotopic (exact) mass is 127 g/mol. The molecule has 1 nitrogen and oxygen atoms in total. The Morgan fingerprint density at radius 3 is 2.11 bits per heavy atom. The Kier molecular flexibility index (Phi) is 1.80. The topological polar surface area (TPSA) is 26.0 Å². The molecule has 9 heavy (non-hydrogen) atoms. The Labute approximate surface area is 57.6 Å². The maximum absolute atomic E-state index is 5.92. The van der Waals surface area contributed by atoms with Gasteiger partial charge in [0.2, 0.25) is 0 Å². The molecular formula is C8H17N. The van der Waals surface area contributed by atoms with E-state index in [0.29, 0.717) is 11.5 Å². The fourth-order valence-corrected chi connectivity index (χ4v) is 1.58. The van der Waals surface area contributed by atoms with Gasteiger partial charge >= 0.3 is 0 Å². The average molecular weight is 127 g/mol. The molecule has 0 aromatic heterocycles. The van der Waals surface area contributed by atoms with E-state index in [1.54, 1.807) is 0 Å². The minimum atomic E-state index is 0.475. The second-order valence-electron chi connectivity index (χ2n) is 3.23. The molecule has 0 aromatic rings. The highest BCUT2D eigenvalue weighted by Gasteiger charge is 2.44. The summed E-state index contributed by atoms with van der Waals surface area (Å²) in [5, 5.41) is 0. The van der Waals surface area contributed by atoms with Crippen molar-refractivity contribution in [1.29, 1.82) is 0 Å². The standard InChI is InChI=1S/C8H17N/c1-3-7(9)8(4-2)5-6-8/h7H,3-6,9H2,1-2H3/t7-/m1/s1. The van der Waals surface area contributed by atoms with Gasteiger partial charge in [-0.1, -0.05) is 13.8 Å². The van der Waals surface area contributed by atoms with Gasteiger partial charge in [0.25, 0.3) is 0 Å². The summed E-state index contributed by atoms with van der Waals surface area (Å²) in [6, 6.07) is 0.475. The van der Waals surface area contributed by atoms with Crippen molar-refractivity contribution < 1.29 is 0 Å². The largest absolute Gasteiger partial charge is 0.327 e. The van der Waals surface area contributed by atoms with Crippen LogP contribution in [0.25, 0.3) is 0 Å². The highest BCUT2D eigenvalue weighted by atomic mass is 14.7. The highest BCUT2D eigenvalue weighted by molar-refractivity contribution is 4.98. The quantitative estimate of drug-likeness (QED) is 0.615. The fraction of sp³-hybridized carbons (Fsp3) is 1.00. The molecule has 1 fully saturated rings. The van der Waals surface area contributed by atoms with Gasteiger partial charge in [-0.25, -0.2) is 0 Å². The molecule has 1 saturated carbocycles. The van der Waals surface area contributed by atoms with Crippen LogP contribution in [0.1, 0.15) is 39.5 Å². The van der Waals surface area contributed by atoms with Crippen LogP contribution < -0.4 is 5.73 Å². The summed E-state index contributed by atoms with van der Waals surface area (Å²) in [4.78, 5) is 0. The zero-order valence-corrected chi connectivity index (χ0v) is 6.48. The summed E-state index contributed by atoms with van der Waals surface area (Å²) >= 11 is 0. The van der Waals surface area contributed by atoms with Gasteiger partial charge < -0.3 is 5.73 Å². The van der Waals surface area contributed by atoms with E-state index < -0.39 is 0 Å². The fourth-order valence-electron chi connectivity index (χ4n) is 1.58. The molecule has 0 heterocycles. The number of hydrogen-bond donors (Lipinski definition) is 1. The van der Waals surface area contributed by atoms with Crippen molar-refractivity contribution in [3.63, 3.8) is 0 Å². The van der Waals surface area contributed by atoms with E-state index in [1.165, 1.54) is 19.3 Å². The number of rotatable bonds is 3. The molecule has 0 bridgehead atoms. The first-order valence-corrected chi connectivity index (χ1v) is 4.01. The molecule has 0 saturated heterocycles. The lowest BCUT2D eigenvalue weighted by Crippen LogP contribution is -2.30. The van der Waals surface area contributed by atoms with Gasteiger partial charge in [-0.3, -0.25) is 0 Å². The predicted octanol–water partition coefficient (Wildman–Crippen LogP) is 1.91. The maximum atomic E-state index is 5.92. The van der Waals surface area contributed by atoms with Gasteiger partial charge in [0.15, 0.2) is 0 Å². The lowest BCUT2D eigenvalue weighted by atomic mass is 9.92. The Hall–Kier alpha value is -0.0400. The molecule has 1 aliphatic rings. The Bertz CT molecular complexity index is 94.7. The van der Waals surface area contributed by atoms with Gasteiger partial charge in [0.1, 0.15) is 0 Å². The van der Waals surface area contributed by atoms with Crippen molar-refractivity contribution in [2.45, 2.75) is 45.6 Å². The number of hydrogen-bond acceptors (Lipinski definition) is 1. The molecular weight excluding hydrogens is 110 g/mol. The van der Waals surface area contributed by atoms with Crippen LogP contribution in [0.2, 0.25) is 0 Å². The van der Waals surface area contributed by atoms with E-state index in [2.05, 4.69) is 13.8 Å². The molecule has 0 amide bonds. The second kappa shape index (κ2) is 2.30. The first-order valence-electron chi connectivity index (χ1n) is 4.01. The minimum absolute atomic E-state index is 0.475. The van der Waals surface area contributed by atoms with Crippen LogP contribution in [0, 0.1) is 5.41 Å². The Morgan fingerprint density at radius 2 is 2.00 bits per heavy atom. The van der Waals surface area contributed by atoms with E-state index >= 15 is 0 Å². The molecule has 2 N–H and O–H groups in total. The van der Waals surface area contributed by atoms with Crippen molar-refractivity contribution in [2.24, 2.45) is 11.1 Å². The maximum Gasteiger partial charge on any atom is 0.00928 e. The zero-order chi connectivity index (χ0) is 6.91. The zero-order valence-electron chi connectivity index (χ0n) is 6.48. The molecule has 0 aliphatic heterocycles. The van der Waals surface area contributed by atoms with Crippen molar-refractivity contribution in [1.82, 2.24) is 0 Å². The van der Waals surface area contributed by atoms with Crippen molar-refractivity contribution in [2.75, 3.05) is 0 Å². The normalized spacial score (nSPS) is 25.7. The van der Waals surface area contributed by atoms with Gasteiger partial charge in [-0.15, -0.1) is 0 Å². The molecule has 1 atom stereocenters. The van der Waals surface area contributed by atoms with E-state index in [4.69, 9.17) is 5.73 Å². The van der Waals surface area contributed by atoms with Crippen LogP contribution in [-0.2, 0) is 0 Å². The molecule has 1 aliphatic carbocycles. The first kappa shape index (κ1) is 7.07. The third kappa shape index (κ3) is 1.11. The van der Waals surface area contributed by atoms with Crippen LogP contribution in [0.15, 0.2) is 0 Å². The molecule has 0 radical (unpaired) electrons. The SMILES string of the molecule is CC[C@@H](N)C1(CC)CC1. The van der Waals surface area contributed by atoms with Gasteiger partial charge in [0.05, 0.1) is 0 Å². The third-order valence-corrected chi connectivity index (χ3v) is 2.82. The average Bonchev–Trinajstić information content (AvgIpc) is 2.66. The van der Waals surface area contributed by atoms with Crippen LogP contribution in [0.4, 0.5) is 0 Å². The van der Waals surface area contributed by atoms with E-state index in [-0.39, 0.29) is 0 Å². The van der Waals surface area contributed by atoms with E-state index in [1.807, 2.05) is 0 Å². The summed E-state index contributed by atoms with van der Waals surface area (Å²) in [5.74, 6) is 0. The van der Waals surface area contributed by atoms with E-state index in [9.17, 15) is 0 Å². The highest BCUT2D eigenvalue weighted by Crippen LogP contribution is 2.51. The van der Waals surface area contributed by atoms with Crippen molar-refractivity contribution >= 4 is 0 Å². The van der Waals surface area contributed by atoms with Crippen molar-refractivity contribution in [3.8, 4) is 0 Å².